The van der Waals surface area contributed by atoms with E-state index in [1.807, 2.05) is 42.5 Å². The summed E-state index contributed by atoms with van der Waals surface area (Å²) in [6, 6.07) is 18.1. The molecule has 0 fully saturated rings. The highest BCUT2D eigenvalue weighted by atomic mass is 19.1. The van der Waals surface area contributed by atoms with Gasteiger partial charge in [-0.3, -0.25) is 0 Å². The Bertz CT molecular complexity index is 1210. The van der Waals surface area contributed by atoms with Gasteiger partial charge in [0, 0.05) is 16.7 Å². The predicted octanol–water partition coefficient (Wildman–Crippen LogP) is 8.62. The van der Waals surface area contributed by atoms with Crippen molar-refractivity contribution in [2.45, 2.75) is 71.6 Å². The van der Waals surface area contributed by atoms with Crippen molar-refractivity contribution in [1.29, 1.82) is 0 Å². The Morgan fingerprint density at radius 3 is 1.80 bits per heavy atom. The first-order valence-corrected chi connectivity index (χ1v) is 12.8. The number of hydrogen-bond acceptors (Lipinski definition) is 0. The van der Waals surface area contributed by atoms with E-state index in [1.165, 1.54) is 25.3 Å². The number of rotatable bonds is 9. The van der Waals surface area contributed by atoms with Gasteiger partial charge in [0.2, 0.25) is 0 Å². The molecule has 0 unspecified atom stereocenters. The Morgan fingerprint density at radius 2 is 1.14 bits per heavy atom. The molecule has 0 N–H and O–H groups in total. The molecule has 0 aliphatic carbocycles. The molecule has 35 heavy (non-hydrogen) atoms. The maximum absolute atomic E-state index is 14.4. The van der Waals surface area contributed by atoms with Crippen LogP contribution < -0.4 is 0 Å². The molecule has 0 radical (unpaired) electrons. The number of aryl methyl sites for hydroxylation is 2. The number of hydrogen-bond donors (Lipinski definition) is 0. The van der Waals surface area contributed by atoms with Gasteiger partial charge in [-0.1, -0.05) is 81.8 Å². The Morgan fingerprint density at radius 1 is 0.543 bits per heavy atom. The molecule has 3 aromatic rings. The third kappa shape index (κ3) is 8.73. The molecule has 0 spiro atoms. The van der Waals surface area contributed by atoms with E-state index in [4.69, 9.17) is 0 Å². The van der Waals surface area contributed by atoms with Crippen LogP contribution in [0, 0.1) is 35.3 Å². The third-order valence-corrected chi connectivity index (χ3v) is 6.03. The first-order valence-electron chi connectivity index (χ1n) is 12.8. The average Bonchev–Trinajstić information content (AvgIpc) is 2.87. The van der Waals surface area contributed by atoms with Crippen molar-refractivity contribution < 1.29 is 8.78 Å². The number of unbranched alkanes of at least 4 members (excludes halogenated alkanes) is 5. The Hall–Kier alpha value is -3.36. The van der Waals surface area contributed by atoms with Crippen LogP contribution in [-0.4, -0.2) is 0 Å². The molecule has 0 atom stereocenters. The molecule has 0 bridgehead atoms. The average molecular weight is 469 g/mol. The molecular weight excluding hydrogens is 434 g/mol. The lowest BCUT2D eigenvalue weighted by Crippen LogP contribution is -1.92. The summed E-state index contributed by atoms with van der Waals surface area (Å²) in [7, 11) is 0. The van der Waals surface area contributed by atoms with Crippen LogP contribution in [0.25, 0.3) is 0 Å². The number of benzene rings is 3. The maximum atomic E-state index is 14.4. The molecule has 2 heteroatoms. The molecule has 0 heterocycles. The Balaban J connectivity index is 1.60. The zero-order valence-electron chi connectivity index (χ0n) is 20.9. The van der Waals surface area contributed by atoms with E-state index in [9.17, 15) is 8.78 Å². The largest absolute Gasteiger partial charge is 0.207 e. The van der Waals surface area contributed by atoms with E-state index in [-0.39, 0.29) is 11.6 Å². The van der Waals surface area contributed by atoms with Crippen molar-refractivity contribution in [1.82, 2.24) is 0 Å². The van der Waals surface area contributed by atoms with Gasteiger partial charge < -0.3 is 0 Å². The van der Waals surface area contributed by atoms with E-state index in [2.05, 4.69) is 37.5 Å². The fourth-order valence-electron chi connectivity index (χ4n) is 3.89. The molecule has 180 valence electrons. The predicted molar refractivity (Wildman–Crippen MR) is 142 cm³/mol. The van der Waals surface area contributed by atoms with Gasteiger partial charge in [-0.2, -0.15) is 0 Å². The van der Waals surface area contributed by atoms with Crippen LogP contribution in [0.1, 0.15) is 92.2 Å². The summed E-state index contributed by atoms with van der Waals surface area (Å²) in [4.78, 5) is 0. The SMILES string of the molecule is CCCCCCc1ccc(C#Cc2ccc(C#Cc3ccc(CCCCC)c(F)c3)cc2)c(F)c1. The van der Waals surface area contributed by atoms with Gasteiger partial charge in [0.1, 0.15) is 11.6 Å². The molecule has 0 aliphatic heterocycles. The highest BCUT2D eigenvalue weighted by Gasteiger charge is 2.03. The van der Waals surface area contributed by atoms with Crippen molar-refractivity contribution >= 4 is 0 Å². The minimum Gasteiger partial charge on any atom is -0.207 e. The van der Waals surface area contributed by atoms with Crippen molar-refractivity contribution in [3.63, 3.8) is 0 Å². The van der Waals surface area contributed by atoms with E-state index >= 15 is 0 Å². The molecule has 0 nitrogen and oxygen atoms in total. The van der Waals surface area contributed by atoms with Crippen LogP contribution in [0.2, 0.25) is 0 Å². The van der Waals surface area contributed by atoms with E-state index < -0.39 is 0 Å². The topological polar surface area (TPSA) is 0 Å². The van der Waals surface area contributed by atoms with Gasteiger partial charge in [0.15, 0.2) is 0 Å². The summed E-state index contributed by atoms with van der Waals surface area (Å²) in [6.07, 6.45) is 9.61. The molecule has 0 amide bonds. The van der Waals surface area contributed by atoms with Crippen LogP contribution in [0.4, 0.5) is 8.78 Å². The van der Waals surface area contributed by atoms with Crippen LogP contribution in [-0.2, 0) is 12.8 Å². The van der Waals surface area contributed by atoms with E-state index in [1.54, 1.807) is 12.1 Å². The van der Waals surface area contributed by atoms with Gasteiger partial charge in [-0.05, 0) is 85.3 Å². The van der Waals surface area contributed by atoms with Gasteiger partial charge in [0.25, 0.3) is 0 Å². The summed E-state index contributed by atoms with van der Waals surface area (Å²) in [5, 5.41) is 0. The fraction of sp³-hybridized carbons (Fsp3) is 0.333. The summed E-state index contributed by atoms with van der Waals surface area (Å²) >= 11 is 0. The van der Waals surface area contributed by atoms with E-state index in [0.29, 0.717) is 11.1 Å². The van der Waals surface area contributed by atoms with E-state index in [0.717, 1.165) is 60.8 Å². The minimum atomic E-state index is -0.267. The highest BCUT2D eigenvalue weighted by molar-refractivity contribution is 5.48. The fourth-order valence-corrected chi connectivity index (χ4v) is 3.89. The van der Waals surface area contributed by atoms with Crippen LogP contribution in [0.5, 0.6) is 0 Å². The minimum absolute atomic E-state index is 0.185. The van der Waals surface area contributed by atoms with Gasteiger partial charge in [-0.15, -0.1) is 0 Å². The van der Waals surface area contributed by atoms with Crippen molar-refractivity contribution in [3.05, 3.63) is 106 Å². The standard InChI is InChI=1S/C33H34F2/c1-3-5-7-9-10-28-19-23-31(33(35)24-28)21-18-27-14-12-26(13-15-27)16-17-29-20-22-30(32(34)25-29)11-8-6-4-2/h12-15,19-20,22-25H,3-11H2,1-2H3. The highest BCUT2D eigenvalue weighted by Crippen LogP contribution is 2.15. The number of halogens is 2. The normalized spacial score (nSPS) is 10.3. The summed E-state index contributed by atoms with van der Waals surface area (Å²) in [5.74, 6) is 11.6. The smallest absolute Gasteiger partial charge is 0.139 e. The third-order valence-electron chi connectivity index (χ3n) is 6.03. The van der Waals surface area contributed by atoms with Crippen LogP contribution in [0.3, 0.4) is 0 Å². The summed E-state index contributed by atoms with van der Waals surface area (Å²) in [6.45, 7) is 4.33. The van der Waals surface area contributed by atoms with Gasteiger partial charge in [-0.25, -0.2) is 8.78 Å². The lowest BCUT2D eigenvalue weighted by atomic mass is 10.0. The van der Waals surface area contributed by atoms with Gasteiger partial charge in [0.05, 0.1) is 5.56 Å². The Kier molecular flexibility index (Phi) is 10.6. The molecule has 0 aromatic heterocycles. The zero-order chi connectivity index (χ0) is 24.9. The second kappa shape index (κ2) is 14.1. The Labute approximate surface area is 209 Å². The molecule has 3 rings (SSSR count). The molecule has 0 saturated carbocycles. The quantitative estimate of drug-likeness (QED) is 0.218. The molecule has 0 aliphatic rings. The monoisotopic (exact) mass is 468 g/mol. The molecular formula is C33H34F2. The lowest BCUT2D eigenvalue weighted by molar-refractivity contribution is 0.598. The summed E-state index contributed by atoms with van der Waals surface area (Å²) in [5.41, 5.74) is 4.46. The first-order chi connectivity index (χ1) is 17.1. The van der Waals surface area contributed by atoms with Crippen molar-refractivity contribution in [3.8, 4) is 23.7 Å². The van der Waals surface area contributed by atoms with Gasteiger partial charge >= 0.3 is 0 Å². The zero-order valence-corrected chi connectivity index (χ0v) is 20.9. The molecule has 3 aromatic carbocycles. The second-order valence-electron chi connectivity index (χ2n) is 8.97. The first kappa shape index (κ1) is 26.2. The second-order valence-corrected chi connectivity index (χ2v) is 8.97. The molecule has 0 saturated heterocycles. The summed E-state index contributed by atoms with van der Waals surface area (Å²) < 4.78 is 28.7. The van der Waals surface area contributed by atoms with Crippen LogP contribution >= 0.6 is 0 Å². The van der Waals surface area contributed by atoms with Crippen molar-refractivity contribution in [2.24, 2.45) is 0 Å². The maximum Gasteiger partial charge on any atom is 0.139 e. The lowest BCUT2D eigenvalue weighted by Gasteiger charge is -2.03. The van der Waals surface area contributed by atoms with Crippen LogP contribution in [0.15, 0.2) is 60.7 Å². The van der Waals surface area contributed by atoms with Crippen molar-refractivity contribution in [2.75, 3.05) is 0 Å².